The van der Waals surface area contributed by atoms with Gasteiger partial charge in [-0.15, -0.1) is 0 Å². The number of methoxy groups -OCH3 is 1. The van der Waals surface area contributed by atoms with Gasteiger partial charge in [-0.1, -0.05) is 37.8 Å². The van der Waals surface area contributed by atoms with Crippen LogP contribution in [0.25, 0.3) is 0 Å². The Labute approximate surface area is 275 Å². The van der Waals surface area contributed by atoms with Crippen LogP contribution < -0.4 is 10.1 Å². The molecule has 0 spiro atoms. The zero-order valence-corrected chi connectivity index (χ0v) is 26.6. The molecule has 11 heteroatoms. The fraction of sp³-hybridized carbons (Fsp3) is 0.459. The molecule has 6 rings (SSSR count). The summed E-state index contributed by atoms with van der Waals surface area (Å²) in [6, 6.07) is 12.8. The van der Waals surface area contributed by atoms with Crippen molar-refractivity contribution in [2.45, 2.75) is 75.5 Å². The predicted octanol–water partition coefficient (Wildman–Crippen LogP) is 7.08. The summed E-state index contributed by atoms with van der Waals surface area (Å²) in [5, 5.41) is 14.2. The van der Waals surface area contributed by atoms with E-state index in [1.807, 2.05) is 0 Å². The summed E-state index contributed by atoms with van der Waals surface area (Å²) >= 11 is 0. The topological polar surface area (TPSA) is 84.9 Å². The molecule has 6 nitrogen and oxygen atoms in total. The van der Waals surface area contributed by atoms with Crippen LogP contribution in [0.15, 0.2) is 71.3 Å². The van der Waals surface area contributed by atoms with Crippen molar-refractivity contribution in [3.8, 4) is 17.6 Å². The Kier molecular flexibility index (Phi) is 8.92. The second-order valence-corrected chi connectivity index (χ2v) is 13.1. The fourth-order valence-electron chi connectivity index (χ4n) is 8.41. The van der Waals surface area contributed by atoms with E-state index < -0.39 is 82.7 Å². The molecule has 0 aromatic heterocycles. The van der Waals surface area contributed by atoms with Crippen LogP contribution >= 0.6 is 0 Å². The summed E-state index contributed by atoms with van der Waals surface area (Å²) in [5.74, 6) is 1.29. The summed E-state index contributed by atoms with van der Waals surface area (Å²) in [7, 11) is 1.52. The molecule has 2 aromatic rings. The molecule has 5 unspecified atom stereocenters. The van der Waals surface area contributed by atoms with E-state index in [2.05, 4.69) is 17.2 Å². The van der Waals surface area contributed by atoms with E-state index in [4.69, 9.17) is 9.47 Å². The highest BCUT2D eigenvalue weighted by molar-refractivity contribution is 5.98. The Morgan fingerprint density at radius 2 is 1.71 bits per heavy atom. The summed E-state index contributed by atoms with van der Waals surface area (Å²) in [5.41, 5.74) is -2.99. The van der Waals surface area contributed by atoms with Crippen molar-refractivity contribution in [3.63, 3.8) is 0 Å². The monoisotopic (exact) mass is 669 g/mol. The highest BCUT2D eigenvalue weighted by Gasteiger charge is 2.70. The van der Waals surface area contributed by atoms with Crippen molar-refractivity contribution in [1.82, 2.24) is 0 Å². The number of carbonyl (C=O) groups excluding carboxylic acids is 2. The van der Waals surface area contributed by atoms with Gasteiger partial charge in [0.25, 0.3) is 0 Å². The molecular formula is C37H36F5NO5. The Balaban J connectivity index is 1.31. The van der Waals surface area contributed by atoms with Crippen LogP contribution in [-0.2, 0) is 9.53 Å². The SMILES string of the molecule is CC[C@]1(O)CC[C@H]2[C@H]3C(=C4C(=CC(=O)C(F)C4F)C(F)C3F)[C@@H](c3ccc(C#CCOC(=O)Nc4ccc(OC)cc4)cc3)C(F)[C@@]21C. The lowest BCUT2D eigenvalue weighted by atomic mass is 9.49. The first-order valence-corrected chi connectivity index (χ1v) is 16.0. The third kappa shape index (κ3) is 5.29. The van der Waals surface area contributed by atoms with Crippen LogP contribution in [-0.4, -0.2) is 67.2 Å². The van der Waals surface area contributed by atoms with Gasteiger partial charge in [0.2, 0.25) is 0 Å². The summed E-state index contributed by atoms with van der Waals surface area (Å²) in [4.78, 5) is 24.3. The number of benzene rings is 2. The molecule has 48 heavy (non-hydrogen) atoms. The molecule has 2 N–H and O–H groups in total. The highest BCUT2D eigenvalue weighted by Crippen LogP contribution is 2.68. The normalized spacial score (nSPS) is 35.4. The number of hydrogen-bond donors (Lipinski definition) is 2. The van der Waals surface area contributed by atoms with E-state index in [-0.39, 0.29) is 37.0 Å². The first-order valence-electron chi connectivity index (χ1n) is 16.0. The molecule has 2 fully saturated rings. The van der Waals surface area contributed by atoms with Crippen LogP contribution in [0.1, 0.15) is 50.2 Å². The Morgan fingerprint density at radius 3 is 2.35 bits per heavy atom. The van der Waals surface area contributed by atoms with Gasteiger partial charge in [0.15, 0.2) is 30.9 Å². The fourth-order valence-corrected chi connectivity index (χ4v) is 8.41. The zero-order chi connectivity index (χ0) is 34.5. The molecule has 0 bridgehead atoms. The number of aliphatic hydroxyl groups is 1. The molecule has 2 saturated carbocycles. The minimum atomic E-state index is -2.62. The molecule has 4 aliphatic rings. The minimum absolute atomic E-state index is 0.0873. The van der Waals surface area contributed by atoms with Gasteiger partial charge < -0.3 is 14.6 Å². The predicted molar refractivity (Wildman–Crippen MR) is 168 cm³/mol. The zero-order valence-electron chi connectivity index (χ0n) is 26.6. The lowest BCUT2D eigenvalue weighted by Crippen LogP contribution is -2.61. The van der Waals surface area contributed by atoms with E-state index >= 15 is 17.6 Å². The maximum absolute atomic E-state index is 17.2. The number of rotatable bonds is 5. The van der Waals surface area contributed by atoms with Gasteiger partial charge in [-0.25, -0.2) is 26.7 Å². The average molecular weight is 670 g/mol. The van der Waals surface area contributed by atoms with Crippen molar-refractivity contribution in [3.05, 3.63) is 82.5 Å². The van der Waals surface area contributed by atoms with Crippen LogP contribution in [0.2, 0.25) is 0 Å². The Bertz CT molecular complexity index is 1720. The van der Waals surface area contributed by atoms with Crippen LogP contribution in [0.5, 0.6) is 5.75 Å². The van der Waals surface area contributed by atoms with Crippen molar-refractivity contribution < 1.29 is 46.1 Å². The number of amides is 1. The lowest BCUT2D eigenvalue weighted by Gasteiger charge is -2.57. The molecular weight excluding hydrogens is 633 g/mol. The second-order valence-electron chi connectivity index (χ2n) is 13.1. The van der Waals surface area contributed by atoms with Crippen molar-refractivity contribution >= 4 is 17.6 Å². The standard InChI is InChI=1S/C37H36F5NO5/c1-4-37(46)16-15-24-28-29(27-23(30(38)33(28)41)18-25(44)31(39)32(27)40)26(34(42)36(24,37)2)20-9-7-19(8-10-20)6-5-17-48-35(45)43-21-11-13-22(47-3)14-12-21/h7-14,18,24,26,28,30-34,46H,4,15-17H2,1-3H3,(H,43,45)/t24-,26+,28-,30?,31?,32?,33?,34?,36+,37-/m0/s1. The van der Waals surface area contributed by atoms with Crippen molar-refractivity contribution in [2.75, 3.05) is 19.0 Å². The first-order chi connectivity index (χ1) is 22.9. The number of nitrogens with one attached hydrogen (secondary N) is 1. The maximum Gasteiger partial charge on any atom is 0.412 e. The van der Waals surface area contributed by atoms with Gasteiger partial charge in [0, 0.05) is 28.5 Å². The minimum Gasteiger partial charge on any atom is -0.497 e. The number of alkyl halides is 5. The van der Waals surface area contributed by atoms with Crippen LogP contribution in [0, 0.1) is 29.1 Å². The molecule has 4 aliphatic carbocycles. The first kappa shape index (κ1) is 33.7. The quantitative estimate of drug-likeness (QED) is 0.263. The van der Waals surface area contributed by atoms with E-state index in [1.165, 1.54) is 19.2 Å². The molecule has 2 aromatic carbocycles. The largest absolute Gasteiger partial charge is 0.497 e. The van der Waals surface area contributed by atoms with Crippen LogP contribution in [0.4, 0.5) is 32.4 Å². The number of anilines is 1. The number of hydrogen-bond acceptors (Lipinski definition) is 5. The summed E-state index contributed by atoms with van der Waals surface area (Å²) in [6.45, 7) is 3.00. The summed E-state index contributed by atoms with van der Waals surface area (Å²) < 4.78 is 89.9. The van der Waals surface area contributed by atoms with E-state index in [0.29, 0.717) is 23.1 Å². The number of carbonyl (C=O) groups is 2. The molecule has 0 saturated heterocycles. The van der Waals surface area contributed by atoms with Gasteiger partial charge in [-0.05, 0) is 89.9 Å². The van der Waals surface area contributed by atoms with Crippen LogP contribution in [0.3, 0.4) is 0 Å². The van der Waals surface area contributed by atoms with Crippen molar-refractivity contribution in [1.29, 1.82) is 0 Å². The van der Waals surface area contributed by atoms with Gasteiger partial charge >= 0.3 is 6.09 Å². The third-order valence-electron chi connectivity index (χ3n) is 11.0. The Hall–Kier alpha value is -4.17. The van der Waals surface area contributed by atoms with Gasteiger partial charge in [-0.2, -0.15) is 0 Å². The maximum atomic E-state index is 17.2. The molecule has 0 aliphatic heterocycles. The number of halogens is 5. The molecule has 0 radical (unpaired) electrons. The highest BCUT2D eigenvalue weighted by atomic mass is 19.2. The second kappa shape index (κ2) is 12.7. The van der Waals surface area contributed by atoms with E-state index in [1.54, 1.807) is 50.2 Å². The molecule has 1 amide bonds. The van der Waals surface area contributed by atoms with E-state index in [0.717, 1.165) is 0 Å². The summed E-state index contributed by atoms with van der Waals surface area (Å²) in [6.07, 6.45) is -11.4. The van der Waals surface area contributed by atoms with E-state index in [9.17, 15) is 19.1 Å². The number of fused-ring (bicyclic) bond motifs is 4. The third-order valence-corrected chi connectivity index (χ3v) is 11.0. The molecule has 10 atom stereocenters. The molecule has 0 heterocycles. The van der Waals surface area contributed by atoms with Gasteiger partial charge in [-0.3, -0.25) is 10.1 Å². The van der Waals surface area contributed by atoms with Gasteiger partial charge in [0.1, 0.15) is 18.1 Å². The number of ketones is 1. The smallest absolute Gasteiger partial charge is 0.412 e. The van der Waals surface area contributed by atoms with Crippen molar-refractivity contribution in [2.24, 2.45) is 17.3 Å². The molecule has 254 valence electrons. The van der Waals surface area contributed by atoms with Gasteiger partial charge in [0.05, 0.1) is 12.7 Å². The average Bonchev–Trinajstić information content (AvgIpc) is 3.36. The lowest BCUT2D eigenvalue weighted by molar-refractivity contribution is -0.143. The number of ether oxygens (including phenoxy) is 2. The Morgan fingerprint density at radius 1 is 1.02 bits per heavy atom. The number of allylic oxidation sites excluding steroid dienone is 4.